The fourth-order valence-electron chi connectivity index (χ4n) is 4.90. The summed E-state index contributed by atoms with van der Waals surface area (Å²) in [5.41, 5.74) is 10.3. The van der Waals surface area contributed by atoms with Crippen LogP contribution < -0.4 is 11.1 Å². The standard InChI is InChI=1S/C31H40N4O5S/c1-20-27(41-19-33-20)23-13-11-22(12-14-23)24(17-26(36)39-4)34-29(37)25-8-5-15-35(25)30(38)28(32)31(2,3)18-40-16-6-7-21-9-10-21/h11-14,19,21,24-25,28H,5,8-10,15-18,32H2,1-4H3,(H,34,37). The maximum atomic E-state index is 13.5. The Kier molecular flexibility index (Phi) is 10.2. The van der Waals surface area contributed by atoms with Crippen LogP contribution in [0.5, 0.6) is 0 Å². The smallest absolute Gasteiger partial charge is 0.307 e. The molecule has 9 nitrogen and oxygen atoms in total. The average molecular weight is 581 g/mol. The van der Waals surface area contributed by atoms with Crippen LogP contribution in [0.1, 0.15) is 63.3 Å². The topological polar surface area (TPSA) is 124 Å². The second-order valence-electron chi connectivity index (χ2n) is 11.5. The molecule has 2 heterocycles. The van der Waals surface area contributed by atoms with Gasteiger partial charge < -0.3 is 25.4 Å². The van der Waals surface area contributed by atoms with E-state index in [9.17, 15) is 14.4 Å². The Morgan fingerprint density at radius 1 is 1.22 bits per heavy atom. The van der Waals surface area contributed by atoms with Gasteiger partial charge in [-0.25, -0.2) is 4.98 Å². The van der Waals surface area contributed by atoms with Crippen molar-refractivity contribution in [2.24, 2.45) is 17.1 Å². The number of hydrogen-bond donors (Lipinski definition) is 2. The highest BCUT2D eigenvalue weighted by molar-refractivity contribution is 7.13. The van der Waals surface area contributed by atoms with Gasteiger partial charge in [0.2, 0.25) is 11.8 Å². The van der Waals surface area contributed by atoms with Gasteiger partial charge in [0.1, 0.15) is 12.6 Å². The molecule has 3 N–H and O–H groups in total. The van der Waals surface area contributed by atoms with E-state index in [0.29, 0.717) is 31.9 Å². The molecule has 2 aliphatic rings. The number of carbonyl (C=O) groups excluding carboxylic acids is 3. The molecule has 10 heteroatoms. The molecule has 1 aliphatic carbocycles. The Morgan fingerprint density at radius 3 is 2.59 bits per heavy atom. The van der Waals surface area contributed by atoms with Crippen LogP contribution in [0.4, 0.5) is 0 Å². The number of methoxy groups -OCH3 is 1. The predicted octanol–water partition coefficient (Wildman–Crippen LogP) is 3.61. The molecule has 220 valence electrons. The number of esters is 1. The minimum absolute atomic E-state index is 0.0324. The summed E-state index contributed by atoms with van der Waals surface area (Å²) in [4.78, 5) is 46.3. The summed E-state index contributed by atoms with van der Waals surface area (Å²) in [6.07, 6.45) is 3.49. The van der Waals surface area contributed by atoms with E-state index in [4.69, 9.17) is 15.2 Å². The first-order valence-electron chi connectivity index (χ1n) is 14.1. The van der Waals surface area contributed by atoms with Crippen LogP contribution in [0.3, 0.4) is 0 Å². The molecular formula is C31H40N4O5S. The maximum absolute atomic E-state index is 13.5. The third-order valence-electron chi connectivity index (χ3n) is 7.71. The number of nitrogens with zero attached hydrogens (tertiary/aromatic N) is 2. The summed E-state index contributed by atoms with van der Waals surface area (Å²) in [5.74, 6) is 5.65. The van der Waals surface area contributed by atoms with Crippen molar-refractivity contribution in [3.05, 3.63) is 41.0 Å². The number of likely N-dealkylation sites (tertiary alicyclic amines) is 1. The second-order valence-corrected chi connectivity index (χ2v) is 12.3. The SMILES string of the molecule is COC(=O)CC(NC(=O)C1CCCN1C(=O)C(N)C(C)(C)COCC#CC1CC1)c1ccc(-c2scnc2C)cc1. The molecule has 1 aromatic heterocycles. The number of rotatable bonds is 11. The molecule has 1 aromatic carbocycles. The van der Waals surface area contributed by atoms with Gasteiger partial charge in [0.15, 0.2) is 0 Å². The summed E-state index contributed by atoms with van der Waals surface area (Å²) >= 11 is 1.56. The van der Waals surface area contributed by atoms with Crippen LogP contribution in [0, 0.1) is 30.1 Å². The lowest BCUT2D eigenvalue weighted by atomic mass is 9.85. The van der Waals surface area contributed by atoms with Gasteiger partial charge in [-0.1, -0.05) is 50.0 Å². The predicted molar refractivity (Wildman–Crippen MR) is 158 cm³/mol. The zero-order valence-electron chi connectivity index (χ0n) is 24.3. The van der Waals surface area contributed by atoms with E-state index >= 15 is 0 Å². The van der Waals surface area contributed by atoms with E-state index < -0.39 is 29.5 Å². The van der Waals surface area contributed by atoms with Crippen LogP contribution in [-0.2, 0) is 23.9 Å². The normalized spacial score (nSPS) is 18.3. The van der Waals surface area contributed by atoms with E-state index in [1.807, 2.05) is 45.0 Å². The Labute approximate surface area is 246 Å². The van der Waals surface area contributed by atoms with Crippen molar-refractivity contribution in [3.63, 3.8) is 0 Å². The summed E-state index contributed by atoms with van der Waals surface area (Å²) in [6, 6.07) is 5.58. The van der Waals surface area contributed by atoms with Crippen LogP contribution in [0.15, 0.2) is 29.8 Å². The lowest BCUT2D eigenvalue weighted by Gasteiger charge is -2.35. The van der Waals surface area contributed by atoms with Gasteiger partial charge in [-0.3, -0.25) is 14.4 Å². The summed E-state index contributed by atoms with van der Waals surface area (Å²) in [6.45, 7) is 6.76. The Bertz CT molecular complexity index is 1290. The minimum atomic E-state index is -0.846. The lowest BCUT2D eigenvalue weighted by Crippen LogP contribution is -2.56. The summed E-state index contributed by atoms with van der Waals surface area (Å²) in [5, 5.41) is 3.01. The van der Waals surface area contributed by atoms with Crippen LogP contribution >= 0.6 is 11.3 Å². The van der Waals surface area contributed by atoms with Gasteiger partial charge in [-0.05, 0) is 43.7 Å². The van der Waals surface area contributed by atoms with Crippen molar-refractivity contribution in [1.82, 2.24) is 15.2 Å². The summed E-state index contributed by atoms with van der Waals surface area (Å²) < 4.78 is 10.6. The zero-order chi connectivity index (χ0) is 29.6. The van der Waals surface area contributed by atoms with Crippen LogP contribution in [0.2, 0.25) is 0 Å². The molecule has 1 saturated carbocycles. The molecule has 4 rings (SSSR count). The van der Waals surface area contributed by atoms with Crippen LogP contribution in [-0.4, -0.2) is 66.6 Å². The number of thiazole rings is 1. The molecule has 3 unspecified atom stereocenters. The molecule has 0 radical (unpaired) electrons. The number of aryl methyl sites for hydroxylation is 1. The number of hydrogen-bond acceptors (Lipinski definition) is 8. The van der Waals surface area contributed by atoms with Gasteiger partial charge in [-0.15, -0.1) is 11.3 Å². The van der Waals surface area contributed by atoms with Crippen molar-refractivity contribution in [3.8, 4) is 22.3 Å². The van der Waals surface area contributed by atoms with E-state index in [2.05, 4.69) is 22.1 Å². The molecule has 1 aliphatic heterocycles. The molecule has 2 amide bonds. The number of carbonyl (C=O) groups is 3. The van der Waals surface area contributed by atoms with Gasteiger partial charge in [0, 0.05) is 17.9 Å². The van der Waals surface area contributed by atoms with E-state index in [1.165, 1.54) is 7.11 Å². The molecule has 41 heavy (non-hydrogen) atoms. The molecule has 0 bridgehead atoms. The van der Waals surface area contributed by atoms with E-state index in [-0.39, 0.29) is 24.8 Å². The van der Waals surface area contributed by atoms with Crippen molar-refractivity contribution < 1.29 is 23.9 Å². The first-order chi connectivity index (χ1) is 19.6. The average Bonchev–Trinajstić information content (AvgIpc) is 3.47. The van der Waals surface area contributed by atoms with Crippen LogP contribution in [0.25, 0.3) is 10.4 Å². The Morgan fingerprint density at radius 2 is 1.95 bits per heavy atom. The van der Waals surface area contributed by atoms with Crippen molar-refractivity contribution in [2.45, 2.75) is 71.0 Å². The number of benzene rings is 1. The largest absolute Gasteiger partial charge is 0.469 e. The van der Waals surface area contributed by atoms with Crippen molar-refractivity contribution in [2.75, 3.05) is 26.9 Å². The highest BCUT2D eigenvalue weighted by atomic mass is 32.1. The van der Waals surface area contributed by atoms with Crippen molar-refractivity contribution >= 4 is 29.1 Å². The second kappa shape index (κ2) is 13.6. The first kappa shape index (κ1) is 30.7. The molecule has 2 fully saturated rings. The molecule has 1 saturated heterocycles. The number of ether oxygens (including phenoxy) is 2. The molecule has 0 spiro atoms. The molecule has 3 atom stereocenters. The first-order valence-corrected chi connectivity index (χ1v) is 15.0. The van der Waals surface area contributed by atoms with E-state index in [1.54, 1.807) is 21.7 Å². The van der Waals surface area contributed by atoms with Crippen molar-refractivity contribution in [1.29, 1.82) is 0 Å². The quantitative estimate of drug-likeness (QED) is 0.236. The molecule has 2 aromatic rings. The highest BCUT2D eigenvalue weighted by Gasteiger charge is 2.41. The van der Waals surface area contributed by atoms with Gasteiger partial charge in [0.25, 0.3) is 0 Å². The fourth-order valence-corrected chi connectivity index (χ4v) is 5.71. The maximum Gasteiger partial charge on any atom is 0.307 e. The molecular weight excluding hydrogens is 540 g/mol. The number of aromatic nitrogens is 1. The Balaban J connectivity index is 1.41. The van der Waals surface area contributed by atoms with Gasteiger partial charge in [-0.2, -0.15) is 0 Å². The highest BCUT2D eigenvalue weighted by Crippen LogP contribution is 2.30. The number of nitrogens with two attached hydrogens (primary N) is 1. The third kappa shape index (κ3) is 7.94. The minimum Gasteiger partial charge on any atom is -0.469 e. The fraction of sp³-hybridized carbons (Fsp3) is 0.548. The van der Waals surface area contributed by atoms with E-state index in [0.717, 1.165) is 34.5 Å². The zero-order valence-corrected chi connectivity index (χ0v) is 25.1. The Hall–Kier alpha value is -3.26. The third-order valence-corrected chi connectivity index (χ3v) is 8.69. The monoisotopic (exact) mass is 580 g/mol. The summed E-state index contributed by atoms with van der Waals surface area (Å²) in [7, 11) is 1.32. The lowest BCUT2D eigenvalue weighted by molar-refractivity contribution is -0.144. The van der Waals surface area contributed by atoms with Gasteiger partial charge in [0.05, 0.1) is 48.3 Å². The number of amides is 2. The van der Waals surface area contributed by atoms with Gasteiger partial charge >= 0.3 is 5.97 Å². The number of nitrogens with one attached hydrogen (secondary N) is 1.